The smallest absolute Gasteiger partial charge is 0.130 e. The molecule has 5 heteroatoms. The first-order valence-electron chi connectivity index (χ1n) is 6.30. The van der Waals surface area contributed by atoms with Crippen molar-refractivity contribution in [2.24, 2.45) is 0 Å². The highest BCUT2D eigenvalue weighted by atomic mass is 127. The van der Waals surface area contributed by atoms with Crippen molar-refractivity contribution in [3.05, 3.63) is 51.1 Å². The molecule has 0 aromatic heterocycles. The summed E-state index contributed by atoms with van der Waals surface area (Å²) in [4.78, 5) is -0.0265. The summed E-state index contributed by atoms with van der Waals surface area (Å²) in [5.41, 5.74) is 2.12. The van der Waals surface area contributed by atoms with Gasteiger partial charge in [0.1, 0.15) is 17.2 Å². The predicted octanol–water partition coefficient (Wildman–Crippen LogP) is 4.80. The molecule has 0 fully saturated rings. The summed E-state index contributed by atoms with van der Waals surface area (Å²) in [6, 6.07) is 11.9. The highest BCUT2D eigenvalue weighted by Crippen LogP contribution is 2.45. The minimum Gasteiger partial charge on any atom is -0.496 e. The molecule has 0 aliphatic rings. The average molecular weight is 463 g/mol. The molecule has 2 rings (SSSR count). The molecule has 21 heavy (non-hydrogen) atoms. The zero-order valence-electron chi connectivity index (χ0n) is 12.0. The van der Waals surface area contributed by atoms with Gasteiger partial charge in [-0.1, -0.05) is 34.1 Å². The molecule has 2 aromatic rings. The molecule has 0 N–H and O–H groups in total. The number of ether oxygens (including phenoxy) is 3. The third-order valence-corrected chi connectivity index (χ3v) is 5.12. The van der Waals surface area contributed by atoms with Gasteiger partial charge in [0.15, 0.2) is 0 Å². The van der Waals surface area contributed by atoms with Gasteiger partial charge in [-0.25, -0.2) is 0 Å². The van der Waals surface area contributed by atoms with E-state index in [1.807, 2.05) is 24.3 Å². The van der Waals surface area contributed by atoms with Crippen molar-refractivity contribution >= 4 is 38.5 Å². The Morgan fingerprint density at radius 2 is 1.52 bits per heavy atom. The number of rotatable bonds is 5. The van der Waals surface area contributed by atoms with Crippen LogP contribution in [0.5, 0.6) is 17.2 Å². The summed E-state index contributed by atoms with van der Waals surface area (Å²) >= 11 is 6.10. The van der Waals surface area contributed by atoms with E-state index in [-0.39, 0.29) is 4.83 Å². The molecule has 1 atom stereocenters. The monoisotopic (exact) mass is 462 g/mol. The van der Waals surface area contributed by atoms with Gasteiger partial charge in [-0.05, 0) is 34.2 Å². The van der Waals surface area contributed by atoms with Crippen molar-refractivity contribution in [1.82, 2.24) is 0 Å². The summed E-state index contributed by atoms with van der Waals surface area (Å²) in [6.45, 7) is 0. The third kappa shape index (κ3) is 3.45. The van der Waals surface area contributed by atoms with Crippen LogP contribution in [0.2, 0.25) is 0 Å². The molecular weight excluding hydrogens is 447 g/mol. The van der Waals surface area contributed by atoms with Gasteiger partial charge in [-0.3, -0.25) is 0 Å². The van der Waals surface area contributed by atoms with Crippen LogP contribution in [0.4, 0.5) is 0 Å². The van der Waals surface area contributed by atoms with Crippen LogP contribution in [0, 0.1) is 3.57 Å². The standard InChI is InChI=1S/C16H16BrIO3/c1-19-10-8-13(20-2)15(14(9-10)21-3)16(17)11-6-4-5-7-12(11)18/h4-9,16H,1-3H3. The second kappa shape index (κ2) is 7.35. The topological polar surface area (TPSA) is 27.7 Å². The van der Waals surface area contributed by atoms with Crippen LogP contribution in [-0.4, -0.2) is 21.3 Å². The number of methoxy groups -OCH3 is 3. The molecule has 0 amide bonds. The van der Waals surface area contributed by atoms with Gasteiger partial charge in [-0.15, -0.1) is 0 Å². The first kappa shape index (κ1) is 16.4. The number of hydrogen-bond donors (Lipinski definition) is 0. The number of halogens is 2. The van der Waals surface area contributed by atoms with Crippen LogP contribution in [-0.2, 0) is 0 Å². The van der Waals surface area contributed by atoms with Gasteiger partial charge in [0.2, 0.25) is 0 Å². The van der Waals surface area contributed by atoms with E-state index < -0.39 is 0 Å². The zero-order valence-corrected chi connectivity index (χ0v) is 15.8. The zero-order chi connectivity index (χ0) is 15.4. The minimum absolute atomic E-state index is 0.0265. The maximum Gasteiger partial charge on any atom is 0.130 e. The van der Waals surface area contributed by atoms with Crippen molar-refractivity contribution in [3.8, 4) is 17.2 Å². The number of alkyl halides is 1. The van der Waals surface area contributed by atoms with Gasteiger partial charge in [0.05, 0.1) is 31.7 Å². The summed E-state index contributed by atoms with van der Waals surface area (Å²) in [6.07, 6.45) is 0. The first-order valence-corrected chi connectivity index (χ1v) is 8.30. The van der Waals surface area contributed by atoms with E-state index in [1.165, 1.54) is 9.13 Å². The SMILES string of the molecule is COc1cc(OC)c(C(Br)c2ccccc2I)c(OC)c1. The Morgan fingerprint density at radius 1 is 0.952 bits per heavy atom. The Balaban J connectivity index is 2.59. The predicted molar refractivity (Wildman–Crippen MR) is 96.0 cm³/mol. The number of benzene rings is 2. The van der Waals surface area contributed by atoms with Crippen LogP contribution in [0.3, 0.4) is 0 Å². The largest absolute Gasteiger partial charge is 0.496 e. The summed E-state index contributed by atoms with van der Waals surface area (Å²) in [5, 5.41) is 0. The van der Waals surface area contributed by atoms with Crippen LogP contribution in [0.25, 0.3) is 0 Å². The van der Waals surface area contributed by atoms with Crippen LogP contribution >= 0.6 is 38.5 Å². The molecule has 0 saturated carbocycles. The Hall–Kier alpha value is -0.950. The quantitative estimate of drug-likeness (QED) is 0.471. The van der Waals surface area contributed by atoms with Crippen molar-refractivity contribution in [2.45, 2.75) is 4.83 Å². The fraction of sp³-hybridized carbons (Fsp3) is 0.250. The lowest BCUT2D eigenvalue weighted by Crippen LogP contribution is -2.03. The van der Waals surface area contributed by atoms with Gasteiger partial charge < -0.3 is 14.2 Å². The molecule has 1 unspecified atom stereocenters. The maximum atomic E-state index is 5.52. The minimum atomic E-state index is -0.0265. The second-order valence-electron chi connectivity index (χ2n) is 4.33. The molecule has 3 nitrogen and oxygen atoms in total. The van der Waals surface area contributed by atoms with Gasteiger partial charge in [0, 0.05) is 15.7 Å². The van der Waals surface area contributed by atoms with E-state index in [9.17, 15) is 0 Å². The molecule has 0 saturated heterocycles. The van der Waals surface area contributed by atoms with Gasteiger partial charge in [0.25, 0.3) is 0 Å². The Kier molecular flexibility index (Phi) is 5.75. The molecule has 0 bridgehead atoms. The Bertz CT molecular complexity index is 606. The lowest BCUT2D eigenvalue weighted by molar-refractivity contribution is 0.369. The van der Waals surface area contributed by atoms with Gasteiger partial charge >= 0.3 is 0 Å². The maximum absolute atomic E-state index is 5.52. The van der Waals surface area contributed by atoms with Gasteiger partial charge in [-0.2, -0.15) is 0 Å². The highest BCUT2D eigenvalue weighted by molar-refractivity contribution is 14.1. The molecule has 2 aromatic carbocycles. The van der Waals surface area contributed by atoms with E-state index >= 15 is 0 Å². The van der Waals surface area contributed by atoms with E-state index in [4.69, 9.17) is 14.2 Å². The van der Waals surface area contributed by atoms with Crippen LogP contribution in [0.15, 0.2) is 36.4 Å². The first-order chi connectivity index (χ1) is 10.1. The van der Waals surface area contributed by atoms with E-state index in [0.717, 1.165) is 17.1 Å². The second-order valence-corrected chi connectivity index (χ2v) is 6.41. The van der Waals surface area contributed by atoms with Crippen LogP contribution in [0.1, 0.15) is 16.0 Å². The molecule has 112 valence electrons. The third-order valence-electron chi connectivity index (χ3n) is 3.18. The summed E-state index contributed by atoms with van der Waals surface area (Å²) in [7, 11) is 4.92. The summed E-state index contributed by atoms with van der Waals surface area (Å²) < 4.78 is 17.5. The van der Waals surface area contributed by atoms with Crippen molar-refractivity contribution in [1.29, 1.82) is 0 Å². The molecule has 0 spiro atoms. The molecule has 0 heterocycles. The normalized spacial score (nSPS) is 11.9. The van der Waals surface area contributed by atoms with E-state index in [0.29, 0.717) is 5.75 Å². The summed E-state index contributed by atoms with van der Waals surface area (Å²) in [5.74, 6) is 2.16. The van der Waals surface area contributed by atoms with E-state index in [2.05, 4.69) is 50.7 Å². The average Bonchev–Trinajstić information content (AvgIpc) is 2.53. The fourth-order valence-electron chi connectivity index (χ4n) is 2.12. The Morgan fingerprint density at radius 3 is 2.00 bits per heavy atom. The van der Waals surface area contributed by atoms with Crippen molar-refractivity contribution < 1.29 is 14.2 Å². The lowest BCUT2D eigenvalue weighted by Gasteiger charge is -2.20. The molecule has 0 aliphatic heterocycles. The fourth-order valence-corrected chi connectivity index (χ4v) is 4.10. The number of hydrogen-bond acceptors (Lipinski definition) is 3. The van der Waals surface area contributed by atoms with Crippen LogP contribution < -0.4 is 14.2 Å². The Labute approximate surface area is 146 Å². The molecule has 0 radical (unpaired) electrons. The lowest BCUT2D eigenvalue weighted by atomic mass is 10.0. The highest BCUT2D eigenvalue weighted by Gasteiger charge is 2.23. The van der Waals surface area contributed by atoms with Crippen molar-refractivity contribution in [2.75, 3.05) is 21.3 Å². The molecule has 0 aliphatic carbocycles. The van der Waals surface area contributed by atoms with Crippen molar-refractivity contribution in [3.63, 3.8) is 0 Å². The van der Waals surface area contributed by atoms with E-state index in [1.54, 1.807) is 21.3 Å². The molecular formula is C16H16BrIO3.